The number of aromatic nitrogens is 2. The number of nitrogens with zero attached hydrogens (tertiary/aromatic N) is 2. The maximum atomic E-state index is 8.98. The molecule has 0 atom stereocenters. The summed E-state index contributed by atoms with van der Waals surface area (Å²) in [6.07, 6.45) is 0.791. The van der Waals surface area contributed by atoms with E-state index in [0.29, 0.717) is 0 Å². The van der Waals surface area contributed by atoms with Crippen LogP contribution in [-0.2, 0) is 0 Å². The van der Waals surface area contributed by atoms with Gasteiger partial charge in [-0.1, -0.05) is 0 Å². The van der Waals surface area contributed by atoms with E-state index in [-0.39, 0.29) is 0 Å². The van der Waals surface area contributed by atoms with Crippen LogP contribution in [0, 0.1) is 0 Å². The van der Waals surface area contributed by atoms with Crippen molar-refractivity contribution in [1.82, 2.24) is 9.97 Å². The first-order valence-electron chi connectivity index (χ1n) is 6.09. The molecule has 0 radical (unpaired) electrons. The van der Waals surface area contributed by atoms with Gasteiger partial charge < -0.3 is 19.5 Å². The van der Waals surface area contributed by atoms with Crippen LogP contribution in [0.5, 0.6) is 11.9 Å². The molecule has 0 aromatic carbocycles. The second kappa shape index (κ2) is 4.06. The van der Waals surface area contributed by atoms with Crippen molar-refractivity contribution in [3.05, 3.63) is 6.20 Å². The molecule has 0 amide bonds. The third-order valence-corrected chi connectivity index (χ3v) is 1.22. The van der Waals surface area contributed by atoms with E-state index < -0.39 is 38.5 Å². The molecule has 0 saturated carbocycles. The summed E-state index contributed by atoms with van der Waals surface area (Å²) < 4.78 is 50.0. The zero-order chi connectivity index (χ0) is 14.8. The van der Waals surface area contributed by atoms with E-state index in [2.05, 4.69) is 19.4 Å². The van der Waals surface area contributed by atoms with Crippen LogP contribution in [-0.4, -0.2) is 41.2 Å². The van der Waals surface area contributed by atoms with E-state index in [1.165, 1.54) is 0 Å². The minimum Gasteiger partial charge on any atom is -0.481 e. The Morgan fingerprint density at radius 2 is 2.23 bits per heavy atom. The van der Waals surface area contributed by atoms with Gasteiger partial charge in [-0.25, -0.2) is 4.98 Å². The predicted octanol–water partition coefficient (Wildman–Crippen LogP) is -1.83. The van der Waals surface area contributed by atoms with Crippen LogP contribution in [0.2, 0.25) is 0 Å². The molecule has 0 fully saturated rings. The van der Waals surface area contributed by atoms with Gasteiger partial charge in [0, 0.05) is 6.20 Å². The highest BCUT2D eigenvalue weighted by molar-refractivity contribution is 6.59. The molecule has 1 aromatic rings. The lowest BCUT2D eigenvalue weighted by Gasteiger charge is -2.06. The average molecular weight is 190 g/mol. The minimum absolute atomic E-state index is 0.436. The van der Waals surface area contributed by atoms with E-state index in [1.807, 2.05) is 0 Å². The first-order chi connectivity index (χ1) is 8.48. The largest absolute Gasteiger partial charge is 0.495 e. The normalized spacial score (nSPS) is 18.3. The minimum atomic E-state index is -2.91. The quantitative estimate of drug-likeness (QED) is 0.545. The summed E-state index contributed by atoms with van der Waals surface area (Å²) in [7, 11) is -7.83. The van der Waals surface area contributed by atoms with Gasteiger partial charge in [0.15, 0.2) is 0 Å². The molecule has 1 aromatic heterocycles. The third-order valence-electron chi connectivity index (χ3n) is 1.22. The predicted molar refractivity (Wildman–Crippen MR) is 45.0 cm³/mol. The van der Waals surface area contributed by atoms with Crippen molar-refractivity contribution in [2.45, 2.75) is 0 Å². The number of hydrogen-bond acceptors (Lipinski definition) is 6. The van der Waals surface area contributed by atoms with E-state index in [4.69, 9.17) is 18.3 Å². The van der Waals surface area contributed by atoms with Gasteiger partial charge in [0.1, 0.15) is 0 Å². The zero-order valence-electron chi connectivity index (χ0n) is 12.3. The maximum Gasteiger partial charge on any atom is 0.495 e. The molecule has 0 unspecified atom stereocenters. The Morgan fingerprint density at radius 1 is 1.46 bits per heavy atom. The molecule has 0 spiro atoms. The molecule has 0 saturated heterocycles. The van der Waals surface area contributed by atoms with Gasteiger partial charge in [0.25, 0.3) is 0 Å². The molecule has 0 aliphatic heterocycles. The highest BCUT2D eigenvalue weighted by Gasteiger charge is 2.19. The Labute approximate surface area is 83.7 Å². The molecule has 0 bridgehead atoms. The summed E-state index contributed by atoms with van der Waals surface area (Å²) in [5.74, 6) is -0.704. The zero-order valence-corrected chi connectivity index (χ0v) is 6.26. The fraction of sp³-hybridized carbons (Fsp3) is 0.333. The van der Waals surface area contributed by atoms with E-state index in [0.717, 1.165) is 6.20 Å². The molecule has 1 heterocycles. The first kappa shape index (κ1) is 4.25. The lowest BCUT2D eigenvalue weighted by molar-refractivity contribution is 0.351. The van der Waals surface area contributed by atoms with Gasteiger partial charge in [0.05, 0.1) is 27.8 Å². The smallest absolute Gasteiger partial charge is 0.481 e. The number of methoxy groups -OCH3 is 2. The van der Waals surface area contributed by atoms with E-state index >= 15 is 0 Å². The summed E-state index contributed by atoms with van der Waals surface area (Å²) in [4.78, 5) is 6.77. The summed E-state index contributed by atoms with van der Waals surface area (Å²) >= 11 is 0. The van der Waals surface area contributed by atoms with Crippen LogP contribution in [0.3, 0.4) is 0 Å². The molecular weight excluding hydrogens is 175 g/mol. The Bertz CT molecular complexity index is 450. The highest BCUT2D eigenvalue weighted by Crippen LogP contribution is 2.06. The van der Waals surface area contributed by atoms with Gasteiger partial charge in [0.2, 0.25) is 5.88 Å². The Hall–Kier alpha value is -1.34. The molecular formula is C6H9BN2O4. The van der Waals surface area contributed by atoms with Crippen LogP contribution in [0.15, 0.2) is 6.20 Å². The van der Waals surface area contributed by atoms with Crippen LogP contribution in [0.4, 0.5) is 0 Å². The fourth-order valence-corrected chi connectivity index (χ4v) is 0.668. The van der Waals surface area contributed by atoms with E-state index in [9.17, 15) is 0 Å². The molecule has 70 valence electrons. The Morgan fingerprint density at radius 3 is 2.85 bits per heavy atom. The summed E-state index contributed by atoms with van der Waals surface area (Å²) in [6, 6.07) is -0.677. The monoisotopic (exact) mass is 190 g/mol. The van der Waals surface area contributed by atoms with Crippen LogP contribution >= 0.6 is 0 Å². The topological polar surface area (TPSA) is 84.7 Å². The third kappa shape index (κ3) is 2.07. The van der Waals surface area contributed by atoms with Gasteiger partial charge in [-0.3, -0.25) is 0 Å². The van der Waals surface area contributed by atoms with Crippen molar-refractivity contribution in [3.63, 3.8) is 0 Å². The van der Waals surface area contributed by atoms with Crippen molar-refractivity contribution in [2.24, 2.45) is 0 Å². The van der Waals surface area contributed by atoms with Crippen molar-refractivity contribution < 1.29 is 27.7 Å². The maximum absolute atomic E-state index is 8.98. The van der Waals surface area contributed by atoms with Crippen molar-refractivity contribution in [2.75, 3.05) is 14.1 Å². The lowest BCUT2D eigenvalue weighted by atomic mass is 9.82. The SMILES string of the molecule is [2H]C([2H])([2H])Oc1ncc(B(O)O)c(OC([2H])([2H])[2H])n1. The number of ether oxygens (including phenoxy) is 2. The Balaban J connectivity index is 3.11. The van der Waals surface area contributed by atoms with Crippen LogP contribution in [0.25, 0.3) is 0 Å². The second-order valence-electron chi connectivity index (χ2n) is 1.99. The highest BCUT2D eigenvalue weighted by atomic mass is 16.5. The van der Waals surface area contributed by atoms with Crippen molar-refractivity contribution >= 4 is 12.6 Å². The van der Waals surface area contributed by atoms with Crippen molar-refractivity contribution in [1.29, 1.82) is 0 Å². The molecule has 6 nitrogen and oxygen atoms in total. The number of rotatable bonds is 3. The van der Waals surface area contributed by atoms with Gasteiger partial charge in [-0.2, -0.15) is 4.98 Å². The molecule has 13 heavy (non-hydrogen) atoms. The van der Waals surface area contributed by atoms with Crippen LogP contribution in [0.1, 0.15) is 8.22 Å². The standard InChI is InChI=1S/C6H9BN2O4/c1-12-5-4(7(10)11)3-8-6(9-5)13-2/h3,10-11H,1-2H3/i1D3,2D3. The van der Waals surface area contributed by atoms with Crippen molar-refractivity contribution in [3.8, 4) is 11.9 Å². The molecule has 7 heteroatoms. The summed E-state index contributed by atoms with van der Waals surface area (Å²) in [5.41, 5.74) is -0.436. The van der Waals surface area contributed by atoms with Gasteiger partial charge in [-0.05, 0) is 0 Å². The second-order valence-corrected chi connectivity index (χ2v) is 1.99. The van der Waals surface area contributed by atoms with Crippen LogP contribution < -0.4 is 14.9 Å². The molecule has 2 N–H and O–H groups in total. The molecule has 0 aliphatic rings. The molecule has 1 rings (SSSR count). The summed E-state index contributed by atoms with van der Waals surface area (Å²) in [5, 5.41) is 18.0. The summed E-state index contributed by atoms with van der Waals surface area (Å²) in [6.45, 7) is 0. The van der Waals surface area contributed by atoms with Gasteiger partial charge >= 0.3 is 13.1 Å². The number of hydrogen-bond donors (Lipinski definition) is 2. The first-order valence-corrected chi connectivity index (χ1v) is 3.09. The fourth-order valence-electron chi connectivity index (χ4n) is 0.668. The van der Waals surface area contributed by atoms with E-state index in [1.54, 1.807) is 0 Å². The Kier molecular flexibility index (Phi) is 1.33. The lowest BCUT2D eigenvalue weighted by Crippen LogP contribution is -2.32. The molecule has 0 aliphatic carbocycles. The average Bonchev–Trinajstić information content (AvgIpc) is 2.11. The van der Waals surface area contributed by atoms with Gasteiger partial charge in [-0.15, -0.1) is 0 Å².